The van der Waals surface area contributed by atoms with Crippen molar-refractivity contribution in [3.05, 3.63) is 23.0 Å². The normalized spacial score (nSPS) is 29.3. The van der Waals surface area contributed by atoms with E-state index in [2.05, 4.69) is 20.2 Å². The van der Waals surface area contributed by atoms with Crippen molar-refractivity contribution in [2.45, 2.75) is 18.9 Å². The minimum absolute atomic E-state index is 0.109. The molecule has 1 aromatic rings. The number of halogens is 2. The predicted molar refractivity (Wildman–Crippen MR) is 67.4 cm³/mol. The standard InChI is InChI=1S/C12H14ClFN4O/c13-8-5-15-11(17-10(8)14)12(19)16-9-6-18-3-1-7(9)2-4-18/h5,7,9H,1-4,6H2,(H,16,19)/t9-/m0/s1. The molecule has 0 spiro atoms. The van der Waals surface area contributed by atoms with E-state index in [9.17, 15) is 9.18 Å². The maximum Gasteiger partial charge on any atom is 0.289 e. The number of fused-ring (bicyclic) bond motifs is 3. The summed E-state index contributed by atoms with van der Waals surface area (Å²) in [6, 6.07) is 0.109. The third-order valence-electron chi connectivity index (χ3n) is 3.88. The van der Waals surface area contributed by atoms with Crippen molar-refractivity contribution in [1.82, 2.24) is 20.2 Å². The van der Waals surface area contributed by atoms with Crippen LogP contribution < -0.4 is 5.32 Å². The minimum Gasteiger partial charge on any atom is -0.345 e. The molecule has 102 valence electrons. The molecule has 0 unspecified atom stereocenters. The molecule has 3 aliphatic rings. The number of nitrogens with one attached hydrogen (secondary N) is 1. The summed E-state index contributed by atoms with van der Waals surface area (Å²) in [5, 5.41) is 2.72. The summed E-state index contributed by atoms with van der Waals surface area (Å²) >= 11 is 5.49. The molecule has 3 aliphatic heterocycles. The van der Waals surface area contributed by atoms with Gasteiger partial charge in [-0.25, -0.2) is 4.98 Å². The van der Waals surface area contributed by atoms with Gasteiger partial charge in [-0.05, 0) is 31.8 Å². The van der Waals surface area contributed by atoms with Crippen LogP contribution in [0.1, 0.15) is 23.5 Å². The fourth-order valence-electron chi connectivity index (χ4n) is 2.82. The number of hydrogen-bond donors (Lipinski definition) is 1. The van der Waals surface area contributed by atoms with E-state index in [1.165, 1.54) is 0 Å². The van der Waals surface area contributed by atoms with Crippen LogP contribution in [0.4, 0.5) is 4.39 Å². The first-order chi connectivity index (χ1) is 9.13. The number of nitrogens with zero attached hydrogens (tertiary/aromatic N) is 3. The highest BCUT2D eigenvalue weighted by molar-refractivity contribution is 6.30. The lowest BCUT2D eigenvalue weighted by atomic mass is 9.84. The van der Waals surface area contributed by atoms with Crippen molar-refractivity contribution >= 4 is 17.5 Å². The molecule has 2 bridgehead atoms. The number of carbonyl (C=O) groups is 1. The van der Waals surface area contributed by atoms with E-state index < -0.39 is 11.9 Å². The molecule has 0 aromatic carbocycles. The van der Waals surface area contributed by atoms with Crippen molar-refractivity contribution in [1.29, 1.82) is 0 Å². The molecular weight excluding hydrogens is 271 g/mol. The number of amides is 1. The molecule has 0 aliphatic carbocycles. The predicted octanol–water partition coefficient (Wildman–Crippen LogP) is 1.09. The third kappa shape index (κ3) is 2.55. The molecule has 1 aromatic heterocycles. The quantitative estimate of drug-likeness (QED) is 0.826. The van der Waals surface area contributed by atoms with Gasteiger partial charge < -0.3 is 10.2 Å². The van der Waals surface area contributed by atoms with E-state index in [4.69, 9.17) is 11.6 Å². The molecule has 1 N–H and O–H groups in total. The van der Waals surface area contributed by atoms with Gasteiger partial charge in [0.15, 0.2) is 0 Å². The molecule has 4 rings (SSSR count). The summed E-state index contributed by atoms with van der Waals surface area (Å²) in [6.45, 7) is 3.05. The Balaban J connectivity index is 1.69. The molecule has 0 radical (unpaired) electrons. The van der Waals surface area contributed by atoms with Crippen molar-refractivity contribution in [3.8, 4) is 0 Å². The van der Waals surface area contributed by atoms with Gasteiger partial charge in [-0.15, -0.1) is 0 Å². The first kappa shape index (κ1) is 12.7. The van der Waals surface area contributed by atoms with Gasteiger partial charge in [0.05, 0.1) is 6.20 Å². The van der Waals surface area contributed by atoms with E-state index in [-0.39, 0.29) is 16.9 Å². The lowest BCUT2D eigenvalue weighted by molar-refractivity contribution is 0.0614. The smallest absolute Gasteiger partial charge is 0.289 e. The summed E-state index contributed by atoms with van der Waals surface area (Å²) in [4.78, 5) is 21.5. The van der Waals surface area contributed by atoms with Crippen LogP contribution in [0.3, 0.4) is 0 Å². The maximum absolute atomic E-state index is 13.2. The highest BCUT2D eigenvalue weighted by Gasteiger charge is 2.35. The average Bonchev–Trinajstić information content (AvgIpc) is 2.43. The molecule has 1 atom stereocenters. The second-order valence-corrected chi connectivity index (χ2v) is 5.46. The van der Waals surface area contributed by atoms with E-state index >= 15 is 0 Å². The Kier molecular flexibility index (Phi) is 3.36. The van der Waals surface area contributed by atoms with E-state index in [1.807, 2.05) is 0 Å². The Morgan fingerprint density at radius 3 is 2.79 bits per heavy atom. The Morgan fingerprint density at radius 2 is 2.21 bits per heavy atom. The summed E-state index contributed by atoms with van der Waals surface area (Å²) in [7, 11) is 0. The van der Waals surface area contributed by atoms with Crippen LogP contribution >= 0.6 is 11.6 Å². The van der Waals surface area contributed by atoms with Gasteiger partial charge in [0.25, 0.3) is 5.91 Å². The molecular formula is C12H14ClFN4O. The monoisotopic (exact) mass is 284 g/mol. The highest BCUT2D eigenvalue weighted by atomic mass is 35.5. The summed E-state index contributed by atoms with van der Waals surface area (Å²) in [5.41, 5.74) is 0. The Labute approximate surface area is 115 Å². The lowest BCUT2D eigenvalue weighted by Gasteiger charge is -2.44. The number of aromatic nitrogens is 2. The van der Waals surface area contributed by atoms with E-state index in [1.54, 1.807) is 0 Å². The Hall–Kier alpha value is -1.27. The van der Waals surface area contributed by atoms with Crippen molar-refractivity contribution < 1.29 is 9.18 Å². The van der Waals surface area contributed by atoms with Gasteiger partial charge in [0, 0.05) is 12.6 Å². The molecule has 7 heteroatoms. The summed E-state index contributed by atoms with van der Waals surface area (Å²) in [6.07, 6.45) is 3.30. The zero-order valence-corrected chi connectivity index (χ0v) is 11.0. The highest BCUT2D eigenvalue weighted by Crippen LogP contribution is 2.27. The number of rotatable bonds is 2. The van der Waals surface area contributed by atoms with Gasteiger partial charge in [0.2, 0.25) is 11.8 Å². The van der Waals surface area contributed by atoms with Crippen LogP contribution in [0.25, 0.3) is 0 Å². The fraction of sp³-hybridized carbons (Fsp3) is 0.583. The van der Waals surface area contributed by atoms with Gasteiger partial charge in [-0.2, -0.15) is 9.37 Å². The molecule has 5 nitrogen and oxygen atoms in total. The van der Waals surface area contributed by atoms with Gasteiger partial charge in [-0.1, -0.05) is 11.6 Å². The van der Waals surface area contributed by atoms with Crippen molar-refractivity contribution in [2.24, 2.45) is 5.92 Å². The molecule has 19 heavy (non-hydrogen) atoms. The van der Waals surface area contributed by atoms with Crippen molar-refractivity contribution in [2.75, 3.05) is 19.6 Å². The van der Waals surface area contributed by atoms with E-state index in [0.717, 1.165) is 38.7 Å². The maximum atomic E-state index is 13.2. The van der Waals surface area contributed by atoms with Crippen LogP contribution in [-0.4, -0.2) is 46.5 Å². The Morgan fingerprint density at radius 1 is 1.47 bits per heavy atom. The second kappa shape index (κ2) is 5.02. The van der Waals surface area contributed by atoms with Gasteiger partial charge in [-0.3, -0.25) is 4.79 Å². The van der Waals surface area contributed by atoms with Crippen LogP contribution in [0.15, 0.2) is 6.20 Å². The van der Waals surface area contributed by atoms with Gasteiger partial charge >= 0.3 is 0 Å². The van der Waals surface area contributed by atoms with Crippen LogP contribution in [0.2, 0.25) is 5.02 Å². The third-order valence-corrected chi connectivity index (χ3v) is 4.13. The number of carbonyl (C=O) groups excluding carboxylic acids is 1. The van der Waals surface area contributed by atoms with Crippen LogP contribution in [0, 0.1) is 11.9 Å². The SMILES string of the molecule is O=C(N[C@H]1CN2CCC1CC2)c1ncc(Cl)c(F)n1. The van der Waals surface area contributed by atoms with E-state index in [0.29, 0.717) is 5.92 Å². The van der Waals surface area contributed by atoms with Crippen LogP contribution in [0.5, 0.6) is 0 Å². The second-order valence-electron chi connectivity index (χ2n) is 5.05. The van der Waals surface area contributed by atoms with Crippen molar-refractivity contribution in [3.63, 3.8) is 0 Å². The molecule has 1 amide bonds. The van der Waals surface area contributed by atoms with Crippen LogP contribution in [-0.2, 0) is 0 Å². The minimum atomic E-state index is -0.865. The molecule has 4 heterocycles. The summed E-state index contributed by atoms with van der Waals surface area (Å²) in [5.74, 6) is -0.963. The zero-order valence-electron chi connectivity index (χ0n) is 10.3. The number of piperidine rings is 3. The van der Waals surface area contributed by atoms with Gasteiger partial charge in [0.1, 0.15) is 5.02 Å². The first-order valence-electron chi connectivity index (χ1n) is 6.35. The molecule has 3 fully saturated rings. The summed E-state index contributed by atoms with van der Waals surface area (Å²) < 4.78 is 13.2. The Bertz CT molecular complexity index is 505. The number of hydrogen-bond acceptors (Lipinski definition) is 4. The zero-order chi connectivity index (χ0) is 13.4. The molecule has 3 saturated heterocycles. The fourth-order valence-corrected chi connectivity index (χ4v) is 2.91. The topological polar surface area (TPSA) is 58.1 Å². The molecule has 0 saturated carbocycles. The first-order valence-corrected chi connectivity index (χ1v) is 6.72. The average molecular weight is 285 g/mol. The largest absolute Gasteiger partial charge is 0.345 e. The lowest BCUT2D eigenvalue weighted by Crippen LogP contribution is -2.57.